The maximum Gasteiger partial charge on any atom is 0.226 e. The fourth-order valence-corrected chi connectivity index (χ4v) is 2.83. The van der Waals surface area contributed by atoms with Crippen molar-refractivity contribution in [2.75, 3.05) is 24.9 Å². The molecular weight excluding hydrogens is 292 g/mol. The number of carbonyl (C=O) groups is 1. The van der Waals surface area contributed by atoms with Gasteiger partial charge in [0.2, 0.25) is 5.91 Å². The monoisotopic (exact) mass is 312 g/mol. The highest BCUT2D eigenvalue weighted by Gasteiger charge is 2.20. The van der Waals surface area contributed by atoms with Crippen LogP contribution >= 0.6 is 0 Å². The summed E-state index contributed by atoms with van der Waals surface area (Å²) in [5.41, 5.74) is 3.73. The molecular formula is C18H20N2O3. The van der Waals surface area contributed by atoms with Crippen LogP contribution in [0.3, 0.4) is 0 Å². The van der Waals surface area contributed by atoms with Crippen LogP contribution in [0, 0.1) is 0 Å². The average molecular weight is 312 g/mol. The number of amides is 1. The van der Waals surface area contributed by atoms with Crippen LogP contribution in [0.25, 0.3) is 11.1 Å². The largest absolute Gasteiger partial charge is 0.493 e. The number of carbonyl (C=O) groups excluding carboxylic acids is 1. The topological polar surface area (TPSA) is 59.6 Å². The molecule has 0 bridgehead atoms. The minimum Gasteiger partial charge on any atom is -0.493 e. The van der Waals surface area contributed by atoms with Crippen molar-refractivity contribution < 1.29 is 14.3 Å². The van der Waals surface area contributed by atoms with E-state index < -0.39 is 0 Å². The number of para-hydroxylation sites is 1. The lowest BCUT2D eigenvalue weighted by atomic mass is 10.0. The van der Waals surface area contributed by atoms with E-state index in [1.165, 1.54) is 0 Å². The predicted octanol–water partition coefficient (Wildman–Crippen LogP) is 3.51. The van der Waals surface area contributed by atoms with Gasteiger partial charge >= 0.3 is 0 Å². The second-order valence-electron chi connectivity index (χ2n) is 5.60. The third kappa shape index (κ3) is 2.95. The van der Waals surface area contributed by atoms with Gasteiger partial charge in [0, 0.05) is 18.0 Å². The Hall–Kier alpha value is -2.69. The summed E-state index contributed by atoms with van der Waals surface area (Å²) in [5, 5.41) is 6.39. The van der Waals surface area contributed by atoms with Gasteiger partial charge in [0.05, 0.1) is 25.6 Å². The number of methoxy groups -OCH3 is 2. The zero-order chi connectivity index (χ0) is 16.4. The number of rotatable bonds is 3. The third-order valence-electron chi connectivity index (χ3n) is 3.92. The number of nitrogens with one attached hydrogen (secondary N) is 2. The number of hydrogen-bond acceptors (Lipinski definition) is 4. The molecule has 2 aromatic carbocycles. The van der Waals surface area contributed by atoms with Crippen molar-refractivity contribution in [3.8, 4) is 22.6 Å². The Labute approximate surface area is 135 Å². The lowest BCUT2D eigenvalue weighted by Crippen LogP contribution is -2.19. The van der Waals surface area contributed by atoms with Crippen LogP contribution in [-0.2, 0) is 4.79 Å². The molecule has 1 amide bonds. The highest BCUT2D eigenvalue weighted by molar-refractivity contribution is 6.00. The number of ether oxygens (including phenoxy) is 2. The number of hydrogen-bond donors (Lipinski definition) is 2. The molecule has 0 fully saturated rings. The van der Waals surface area contributed by atoms with Crippen LogP contribution in [0.5, 0.6) is 11.5 Å². The van der Waals surface area contributed by atoms with Gasteiger partial charge in [-0.05, 0) is 30.7 Å². The molecule has 0 radical (unpaired) electrons. The third-order valence-corrected chi connectivity index (χ3v) is 3.92. The van der Waals surface area contributed by atoms with E-state index >= 15 is 0 Å². The van der Waals surface area contributed by atoms with Crippen molar-refractivity contribution in [1.29, 1.82) is 0 Å². The summed E-state index contributed by atoms with van der Waals surface area (Å²) in [6.07, 6.45) is 0.444. The van der Waals surface area contributed by atoms with Crippen LogP contribution in [0.15, 0.2) is 36.4 Å². The summed E-state index contributed by atoms with van der Waals surface area (Å²) in [4.78, 5) is 11.9. The predicted molar refractivity (Wildman–Crippen MR) is 91.3 cm³/mol. The fourth-order valence-electron chi connectivity index (χ4n) is 2.83. The van der Waals surface area contributed by atoms with Gasteiger partial charge in [-0.15, -0.1) is 0 Å². The Morgan fingerprint density at radius 1 is 1.09 bits per heavy atom. The van der Waals surface area contributed by atoms with Gasteiger partial charge in [0.1, 0.15) is 0 Å². The second-order valence-corrected chi connectivity index (χ2v) is 5.60. The maximum atomic E-state index is 11.9. The minimum absolute atomic E-state index is 0.0215. The maximum absolute atomic E-state index is 11.9. The quantitative estimate of drug-likeness (QED) is 0.910. The zero-order valence-electron chi connectivity index (χ0n) is 13.5. The van der Waals surface area contributed by atoms with Gasteiger partial charge < -0.3 is 20.1 Å². The van der Waals surface area contributed by atoms with Crippen LogP contribution in [0.4, 0.5) is 11.4 Å². The van der Waals surface area contributed by atoms with Crippen molar-refractivity contribution in [1.82, 2.24) is 0 Å². The van der Waals surface area contributed by atoms with Crippen LogP contribution in [-0.4, -0.2) is 26.2 Å². The van der Waals surface area contributed by atoms with Crippen molar-refractivity contribution in [3.05, 3.63) is 36.4 Å². The molecule has 23 heavy (non-hydrogen) atoms. The number of anilines is 2. The molecule has 2 aromatic rings. The summed E-state index contributed by atoms with van der Waals surface area (Å²) >= 11 is 0. The van der Waals surface area contributed by atoms with E-state index in [9.17, 15) is 4.79 Å². The van der Waals surface area contributed by atoms with Crippen LogP contribution in [0.1, 0.15) is 13.3 Å². The van der Waals surface area contributed by atoms with Gasteiger partial charge in [-0.25, -0.2) is 0 Å². The highest BCUT2D eigenvalue weighted by Crippen LogP contribution is 2.39. The summed E-state index contributed by atoms with van der Waals surface area (Å²) in [6, 6.07) is 11.7. The average Bonchev–Trinajstić information content (AvgIpc) is 2.70. The van der Waals surface area contributed by atoms with E-state index in [1.54, 1.807) is 14.2 Å². The molecule has 2 N–H and O–H groups in total. The lowest BCUT2D eigenvalue weighted by Gasteiger charge is -2.17. The van der Waals surface area contributed by atoms with Crippen molar-refractivity contribution >= 4 is 17.3 Å². The fraction of sp³-hybridized carbons (Fsp3) is 0.278. The van der Waals surface area contributed by atoms with E-state index in [-0.39, 0.29) is 11.9 Å². The molecule has 0 aliphatic carbocycles. The normalized spacial score (nSPS) is 16.7. The van der Waals surface area contributed by atoms with E-state index in [2.05, 4.69) is 10.6 Å². The van der Waals surface area contributed by atoms with Gasteiger partial charge in [0.15, 0.2) is 11.5 Å². The second kappa shape index (κ2) is 6.20. The minimum atomic E-state index is 0.0215. The molecule has 0 saturated heterocycles. The Bertz CT molecular complexity index is 743. The molecule has 1 atom stereocenters. The van der Waals surface area contributed by atoms with E-state index in [1.807, 2.05) is 43.3 Å². The first kappa shape index (κ1) is 15.2. The van der Waals surface area contributed by atoms with E-state index in [0.29, 0.717) is 17.9 Å². The first-order valence-electron chi connectivity index (χ1n) is 7.54. The van der Waals surface area contributed by atoms with Gasteiger partial charge in [-0.1, -0.05) is 18.2 Å². The zero-order valence-corrected chi connectivity index (χ0v) is 13.5. The first-order valence-corrected chi connectivity index (χ1v) is 7.54. The molecule has 0 spiro atoms. The Morgan fingerprint density at radius 3 is 2.61 bits per heavy atom. The SMILES string of the molecule is COc1ccc(-c2cccc3c2N[C@H](C)CC(=O)N3)cc1OC. The molecule has 0 unspecified atom stereocenters. The molecule has 120 valence electrons. The molecule has 1 aliphatic rings. The van der Waals surface area contributed by atoms with Gasteiger partial charge in [-0.3, -0.25) is 4.79 Å². The molecule has 0 aromatic heterocycles. The molecule has 1 aliphatic heterocycles. The molecule has 0 saturated carbocycles. The van der Waals surface area contributed by atoms with E-state index in [4.69, 9.17) is 9.47 Å². The molecule has 3 rings (SSSR count). The Morgan fingerprint density at radius 2 is 1.87 bits per heavy atom. The smallest absolute Gasteiger partial charge is 0.226 e. The number of benzene rings is 2. The van der Waals surface area contributed by atoms with Crippen molar-refractivity contribution in [2.45, 2.75) is 19.4 Å². The summed E-state index contributed by atoms with van der Waals surface area (Å²) in [6.45, 7) is 2.00. The van der Waals surface area contributed by atoms with Crippen LogP contribution in [0.2, 0.25) is 0 Å². The van der Waals surface area contributed by atoms with Gasteiger partial charge in [0.25, 0.3) is 0 Å². The summed E-state index contributed by atoms with van der Waals surface area (Å²) < 4.78 is 10.7. The molecule has 5 heteroatoms. The molecule has 1 heterocycles. The Kier molecular flexibility index (Phi) is 4.10. The lowest BCUT2D eigenvalue weighted by molar-refractivity contribution is -0.116. The highest BCUT2D eigenvalue weighted by atomic mass is 16.5. The first-order chi connectivity index (χ1) is 11.1. The van der Waals surface area contributed by atoms with Crippen molar-refractivity contribution in [2.24, 2.45) is 0 Å². The van der Waals surface area contributed by atoms with Crippen LogP contribution < -0.4 is 20.1 Å². The number of fused-ring (bicyclic) bond motifs is 1. The van der Waals surface area contributed by atoms with Crippen molar-refractivity contribution in [3.63, 3.8) is 0 Å². The van der Waals surface area contributed by atoms with Gasteiger partial charge in [-0.2, -0.15) is 0 Å². The Balaban J connectivity index is 2.11. The summed E-state index contributed by atoms with van der Waals surface area (Å²) in [7, 11) is 3.23. The standard InChI is InChI=1S/C18H20N2O3/c1-11-9-17(21)20-14-6-4-5-13(18(14)19-11)12-7-8-15(22-2)16(10-12)23-3/h4-8,10-11,19H,9H2,1-3H3,(H,20,21)/t11-/m1/s1. The molecule has 5 nitrogen and oxygen atoms in total. The summed E-state index contributed by atoms with van der Waals surface area (Å²) in [5.74, 6) is 1.38. The van der Waals surface area contributed by atoms with E-state index in [0.717, 1.165) is 22.5 Å².